The van der Waals surface area contributed by atoms with Crippen molar-refractivity contribution in [2.24, 2.45) is 11.3 Å². The molecule has 1 fully saturated rings. The number of hydrogen-bond donors (Lipinski definition) is 1. The van der Waals surface area contributed by atoms with E-state index < -0.39 is 0 Å². The number of nitrogens with one attached hydrogen (secondary N) is 1. The van der Waals surface area contributed by atoms with Crippen LogP contribution in [0.25, 0.3) is 0 Å². The van der Waals surface area contributed by atoms with Gasteiger partial charge in [-0.2, -0.15) is 0 Å². The number of piperidine rings is 1. The van der Waals surface area contributed by atoms with Crippen LogP contribution in [0.1, 0.15) is 37.0 Å². The quantitative estimate of drug-likeness (QED) is 0.775. The van der Waals surface area contributed by atoms with E-state index in [1.807, 2.05) is 14.1 Å². The predicted octanol–water partition coefficient (Wildman–Crippen LogP) is 3.55. The molecule has 1 N–H and O–H groups in total. The number of carbonyl (C=O) groups is 2. The summed E-state index contributed by atoms with van der Waals surface area (Å²) in [4.78, 5) is 29.1. The molecule has 27 heavy (non-hydrogen) atoms. The third-order valence-electron chi connectivity index (χ3n) is 4.82. The van der Waals surface area contributed by atoms with Crippen molar-refractivity contribution in [1.82, 2.24) is 15.1 Å². The highest BCUT2D eigenvalue weighted by Gasteiger charge is 2.30. The SMILES string of the molecule is CN(C)CC(C)(C)CNC(=O)C1CCN(C(=O)c2cccc(Cl)c2Cl)CC1. The summed E-state index contributed by atoms with van der Waals surface area (Å²) in [5, 5.41) is 3.74. The molecule has 0 atom stereocenters. The Labute approximate surface area is 172 Å². The molecule has 2 rings (SSSR count). The van der Waals surface area contributed by atoms with Crippen molar-refractivity contribution in [3.05, 3.63) is 33.8 Å². The number of carbonyl (C=O) groups excluding carboxylic acids is 2. The van der Waals surface area contributed by atoms with Gasteiger partial charge in [-0.05, 0) is 44.5 Å². The first kappa shape index (κ1) is 22.0. The fourth-order valence-corrected chi connectivity index (χ4v) is 3.95. The first-order valence-corrected chi connectivity index (χ1v) is 10.0. The van der Waals surface area contributed by atoms with E-state index in [1.165, 1.54) is 0 Å². The van der Waals surface area contributed by atoms with Gasteiger partial charge in [0.05, 0.1) is 15.6 Å². The second-order valence-corrected chi connectivity index (χ2v) is 9.07. The fraction of sp³-hybridized carbons (Fsp3) is 0.600. The minimum absolute atomic E-state index is 0.0131. The lowest BCUT2D eigenvalue weighted by Crippen LogP contribution is -2.46. The Bertz CT molecular complexity index is 684. The van der Waals surface area contributed by atoms with Gasteiger partial charge in [0.25, 0.3) is 5.91 Å². The van der Waals surface area contributed by atoms with Gasteiger partial charge in [0.1, 0.15) is 0 Å². The minimum atomic E-state index is -0.131. The van der Waals surface area contributed by atoms with E-state index in [0.717, 1.165) is 6.54 Å². The highest BCUT2D eigenvalue weighted by Crippen LogP contribution is 2.28. The second kappa shape index (κ2) is 9.26. The molecule has 0 aromatic heterocycles. The van der Waals surface area contributed by atoms with Gasteiger partial charge in [0.2, 0.25) is 5.91 Å². The van der Waals surface area contributed by atoms with Gasteiger partial charge in [-0.15, -0.1) is 0 Å². The molecule has 5 nitrogen and oxygen atoms in total. The highest BCUT2D eigenvalue weighted by molar-refractivity contribution is 6.43. The fourth-order valence-electron chi connectivity index (χ4n) is 3.57. The van der Waals surface area contributed by atoms with Crippen LogP contribution in [0.5, 0.6) is 0 Å². The molecule has 1 aliphatic heterocycles. The Balaban J connectivity index is 1.86. The number of halogens is 2. The Kier molecular flexibility index (Phi) is 7.55. The average Bonchev–Trinajstić information content (AvgIpc) is 2.60. The molecule has 0 saturated carbocycles. The average molecular weight is 414 g/mol. The van der Waals surface area contributed by atoms with Crippen LogP contribution in [0.2, 0.25) is 10.0 Å². The number of benzene rings is 1. The number of amides is 2. The summed E-state index contributed by atoms with van der Waals surface area (Å²) in [5.74, 6) is -0.109. The topological polar surface area (TPSA) is 52.7 Å². The molecule has 0 bridgehead atoms. The van der Waals surface area contributed by atoms with E-state index in [9.17, 15) is 9.59 Å². The minimum Gasteiger partial charge on any atom is -0.355 e. The Morgan fingerprint density at radius 2 is 1.85 bits per heavy atom. The number of likely N-dealkylation sites (tertiary alicyclic amines) is 1. The molecule has 1 aromatic rings. The zero-order chi connectivity index (χ0) is 20.2. The van der Waals surface area contributed by atoms with Gasteiger partial charge >= 0.3 is 0 Å². The van der Waals surface area contributed by atoms with Crippen LogP contribution in [0.3, 0.4) is 0 Å². The van der Waals surface area contributed by atoms with Gasteiger partial charge in [-0.25, -0.2) is 0 Å². The number of rotatable bonds is 6. The van der Waals surface area contributed by atoms with E-state index in [2.05, 4.69) is 24.1 Å². The lowest BCUT2D eigenvalue weighted by molar-refractivity contribution is -0.126. The Hall–Kier alpha value is -1.30. The zero-order valence-electron chi connectivity index (χ0n) is 16.5. The molecule has 7 heteroatoms. The van der Waals surface area contributed by atoms with Crippen molar-refractivity contribution >= 4 is 35.0 Å². The summed E-state index contributed by atoms with van der Waals surface area (Å²) in [6.07, 6.45) is 1.31. The molecule has 0 radical (unpaired) electrons. The molecule has 1 heterocycles. The third kappa shape index (κ3) is 6.09. The van der Waals surface area contributed by atoms with Gasteiger partial charge in [-0.3, -0.25) is 9.59 Å². The summed E-state index contributed by atoms with van der Waals surface area (Å²) in [5.41, 5.74) is 0.427. The van der Waals surface area contributed by atoms with Crippen molar-refractivity contribution in [3.63, 3.8) is 0 Å². The van der Waals surface area contributed by atoms with Gasteiger partial charge < -0.3 is 15.1 Å². The van der Waals surface area contributed by atoms with Crippen LogP contribution < -0.4 is 5.32 Å². The van der Waals surface area contributed by atoms with Gasteiger partial charge in [0, 0.05) is 32.1 Å². The van der Waals surface area contributed by atoms with Crippen molar-refractivity contribution in [3.8, 4) is 0 Å². The summed E-state index contributed by atoms with van der Waals surface area (Å²) >= 11 is 12.2. The molecular weight excluding hydrogens is 385 g/mol. The van der Waals surface area contributed by atoms with Crippen LogP contribution in [0, 0.1) is 11.3 Å². The molecule has 1 aromatic carbocycles. The van der Waals surface area contributed by atoms with Crippen LogP contribution in [0.4, 0.5) is 0 Å². The molecule has 2 amide bonds. The molecule has 0 aliphatic carbocycles. The van der Waals surface area contributed by atoms with E-state index in [4.69, 9.17) is 23.2 Å². The summed E-state index contributed by atoms with van der Waals surface area (Å²) in [6.45, 7) is 6.91. The summed E-state index contributed by atoms with van der Waals surface area (Å²) in [6, 6.07) is 5.06. The first-order valence-electron chi connectivity index (χ1n) is 9.26. The van der Waals surface area contributed by atoms with Crippen molar-refractivity contribution in [2.75, 3.05) is 40.3 Å². The molecule has 1 saturated heterocycles. The molecule has 0 unspecified atom stereocenters. The first-order chi connectivity index (χ1) is 12.6. The van der Waals surface area contributed by atoms with Gasteiger partial charge in [0.15, 0.2) is 0 Å². The van der Waals surface area contributed by atoms with E-state index in [0.29, 0.717) is 43.1 Å². The molecular formula is C20H29Cl2N3O2. The number of hydrogen-bond acceptors (Lipinski definition) is 3. The monoisotopic (exact) mass is 413 g/mol. The molecule has 1 aliphatic rings. The lowest BCUT2D eigenvalue weighted by atomic mass is 9.91. The molecule has 0 spiro atoms. The normalized spacial score (nSPS) is 15.9. The maximum atomic E-state index is 12.7. The van der Waals surface area contributed by atoms with Crippen LogP contribution in [0.15, 0.2) is 18.2 Å². The van der Waals surface area contributed by atoms with E-state index in [-0.39, 0.29) is 28.2 Å². The van der Waals surface area contributed by atoms with Crippen LogP contribution >= 0.6 is 23.2 Å². The van der Waals surface area contributed by atoms with Crippen molar-refractivity contribution in [2.45, 2.75) is 26.7 Å². The highest BCUT2D eigenvalue weighted by atomic mass is 35.5. The largest absolute Gasteiger partial charge is 0.355 e. The maximum absolute atomic E-state index is 12.7. The summed E-state index contributed by atoms with van der Waals surface area (Å²) in [7, 11) is 4.06. The van der Waals surface area contributed by atoms with Crippen LogP contribution in [-0.2, 0) is 4.79 Å². The lowest BCUT2D eigenvalue weighted by Gasteiger charge is -2.33. The van der Waals surface area contributed by atoms with Crippen molar-refractivity contribution in [1.29, 1.82) is 0 Å². The zero-order valence-corrected chi connectivity index (χ0v) is 18.0. The third-order valence-corrected chi connectivity index (χ3v) is 5.64. The van der Waals surface area contributed by atoms with E-state index >= 15 is 0 Å². The standard InChI is InChI=1S/C20H29Cl2N3O2/c1-20(2,13-24(3)4)12-23-18(26)14-8-10-25(11-9-14)19(27)15-6-5-7-16(21)17(15)22/h5-7,14H,8-13H2,1-4H3,(H,23,26). The second-order valence-electron chi connectivity index (χ2n) is 8.29. The van der Waals surface area contributed by atoms with Gasteiger partial charge in [-0.1, -0.05) is 43.1 Å². The number of nitrogens with zero attached hydrogens (tertiary/aromatic N) is 2. The van der Waals surface area contributed by atoms with Crippen LogP contribution in [-0.4, -0.2) is 61.9 Å². The molecule has 150 valence electrons. The Morgan fingerprint density at radius 3 is 2.44 bits per heavy atom. The van der Waals surface area contributed by atoms with Crippen molar-refractivity contribution < 1.29 is 9.59 Å². The smallest absolute Gasteiger partial charge is 0.255 e. The summed E-state index contributed by atoms with van der Waals surface area (Å²) < 4.78 is 0. The Morgan fingerprint density at radius 1 is 1.22 bits per heavy atom. The maximum Gasteiger partial charge on any atom is 0.255 e. The van der Waals surface area contributed by atoms with E-state index in [1.54, 1.807) is 23.1 Å². The predicted molar refractivity (Wildman–Crippen MR) is 110 cm³/mol.